The number of amides is 2. The predicted molar refractivity (Wildman–Crippen MR) is 118 cm³/mol. The van der Waals surface area contributed by atoms with Crippen LogP contribution in [-0.4, -0.2) is 57.8 Å². The number of benzene rings is 1. The highest BCUT2D eigenvalue weighted by Crippen LogP contribution is 2.24. The molecule has 1 aliphatic rings. The quantitative estimate of drug-likeness (QED) is 0.607. The van der Waals surface area contributed by atoms with Crippen molar-refractivity contribution in [2.75, 3.05) is 26.7 Å². The molecular formula is C23H28N4O4. The zero-order valence-corrected chi connectivity index (χ0v) is 18.0. The zero-order chi connectivity index (χ0) is 22.0. The number of hydrogen-bond acceptors (Lipinski definition) is 5. The SMILES string of the molecule is CCCCN(C)C(=O)C1CCN(C(=O)Cn2cnc3c(oc4ccccc43)c2=O)CC1. The fraction of sp³-hybridized carbons (Fsp3) is 0.478. The van der Waals surface area contributed by atoms with Gasteiger partial charge in [-0.1, -0.05) is 25.5 Å². The van der Waals surface area contributed by atoms with Crippen LogP contribution >= 0.6 is 0 Å². The Kier molecular flexibility index (Phi) is 6.06. The molecule has 8 heteroatoms. The molecule has 8 nitrogen and oxygen atoms in total. The second kappa shape index (κ2) is 8.91. The summed E-state index contributed by atoms with van der Waals surface area (Å²) in [6.45, 7) is 3.83. The van der Waals surface area contributed by atoms with Crippen LogP contribution in [0.1, 0.15) is 32.6 Å². The number of fused-ring (bicyclic) bond motifs is 3. The van der Waals surface area contributed by atoms with Crippen LogP contribution in [0.5, 0.6) is 0 Å². The Bertz CT molecular complexity index is 1160. The second-order valence-corrected chi connectivity index (χ2v) is 8.22. The van der Waals surface area contributed by atoms with Crippen molar-refractivity contribution in [3.8, 4) is 0 Å². The van der Waals surface area contributed by atoms with Crippen LogP contribution in [0.25, 0.3) is 22.1 Å². The number of aromatic nitrogens is 2. The number of rotatable bonds is 6. The van der Waals surface area contributed by atoms with E-state index in [2.05, 4.69) is 11.9 Å². The van der Waals surface area contributed by atoms with Gasteiger partial charge < -0.3 is 14.2 Å². The molecule has 1 fully saturated rings. The molecular weight excluding hydrogens is 396 g/mol. The highest BCUT2D eigenvalue weighted by atomic mass is 16.3. The molecule has 0 radical (unpaired) electrons. The molecule has 0 saturated carbocycles. The average molecular weight is 425 g/mol. The maximum absolute atomic E-state index is 12.8. The Morgan fingerprint density at radius 1 is 1.23 bits per heavy atom. The van der Waals surface area contributed by atoms with Crippen molar-refractivity contribution in [3.05, 3.63) is 40.9 Å². The van der Waals surface area contributed by atoms with Crippen LogP contribution in [0.3, 0.4) is 0 Å². The lowest BCUT2D eigenvalue weighted by Gasteiger charge is -2.33. The van der Waals surface area contributed by atoms with Crippen LogP contribution in [-0.2, 0) is 16.1 Å². The Morgan fingerprint density at radius 2 is 1.97 bits per heavy atom. The molecule has 1 aromatic carbocycles. The van der Waals surface area contributed by atoms with Crippen LogP contribution < -0.4 is 5.56 Å². The van der Waals surface area contributed by atoms with E-state index in [-0.39, 0.29) is 35.4 Å². The minimum atomic E-state index is -0.364. The minimum absolute atomic E-state index is 0.0396. The number of piperidine rings is 1. The summed E-state index contributed by atoms with van der Waals surface area (Å²) in [5, 5.41) is 0.781. The van der Waals surface area contributed by atoms with Crippen molar-refractivity contribution in [2.24, 2.45) is 5.92 Å². The zero-order valence-electron chi connectivity index (χ0n) is 18.0. The number of likely N-dealkylation sites (tertiary alicyclic amines) is 1. The van der Waals surface area contributed by atoms with Gasteiger partial charge in [-0.2, -0.15) is 0 Å². The normalized spacial score (nSPS) is 15.0. The lowest BCUT2D eigenvalue weighted by Crippen LogP contribution is -2.45. The topological polar surface area (TPSA) is 88.7 Å². The number of carbonyl (C=O) groups excluding carboxylic acids is 2. The molecule has 2 aromatic heterocycles. The maximum atomic E-state index is 12.8. The highest BCUT2D eigenvalue weighted by Gasteiger charge is 2.29. The minimum Gasteiger partial charge on any atom is -0.448 e. The molecule has 31 heavy (non-hydrogen) atoms. The van der Waals surface area contributed by atoms with Gasteiger partial charge in [0.1, 0.15) is 17.6 Å². The molecule has 0 bridgehead atoms. The largest absolute Gasteiger partial charge is 0.448 e. The van der Waals surface area contributed by atoms with Gasteiger partial charge in [-0.15, -0.1) is 0 Å². The first kappa shape index (κ1) is 21.1. The Balaban J connectivity index is 1.41. The third-order valence-corrected chi connectivity index (χ3v) is 6.08. The number of para-hydroxylation sites is 1. The molecule has 4 rings (SSSR count). The first-order valence-electron chi connectivity index (χ1n) is 10.9. The summed E-state index contributed by atoms with van der Waals surface area (Å²) in [5.41, 5.74) is 0.908. The van der Waals surface area contributed by atoms with E-state index >= 15 is 0 Å². The summed E-state index contributed by atoms with van der Waals surface area (Å²) in [6.07, 6.45) is 4.76. The Labute approximate surface area is 180 Å². The van der Waals surface area contributed by atoms with Gasteiger partial charge in [-0.25, -0.2) is 4.98 Å². The van der Waals surface area contributed by atoms with Crippen molar-refractivity contribution in [2.45, 2.75) is 39.2 Å². The fourth-order valence-corrected chi connectivity index (χ4v) is 4.17. The van der Waals surface area contributed by atoms with E-state index in [1.54, 1.807) is 15.9 Å². The van der Waals surface area contributed by atoms with Gasteiger partial charge in [-0.3, -0.25) is 19.0 Å². The van der Waals surface area contributed by atoms with Crippen LogP contribution in [0.4, 0.5) is 0 Å². The fourth-order valence-electron chi connectivity index (χ4n) is 4.17. The summed E-state index contributed by atoms with van der Waals surface area (Å²) in [4.78, 5) is 46.1. The van der Waals surface area contributed by atoms with Gasteiger partial charge in [0, 0.05) is 38.0 Å². The molecule has 0 spiro atoms. The van der Waals surface area contributed by atoms with Gasteiger partial charge in [0.25, 0.3) is 5.56 Å². The summed E-state index contributed by atoms with van der Waals surface area (Å²) in [7, 11) is 1.85. The van der Waals surface area contributed by atoms with E-state index in [0.29, 0.717) is 37.0 Å². The van der Waals surface area contributed by atoms with Gasteiger partial charge >= 0.3 is 0 Å². The number of carbonyl (C=O) groups is 2. The van der Waals surface area contributed by atoms with E-state index in [1.165, 1.54) is 10.9 Å². The van der Waals surface area contributed by atoms with E-state index in [0.717, 1.165) is 24.8 Å². The summed E-state index contributed by atoms with van der Waals surface area (Å²) in [6, 6.07) is 7.35. The second-order valence-electron chi connectivity index (χ2n) is 8.22. The van der Waals surface area contributed by atoms with Crippen molar-refractivity contribution in [3.63, 3.8) is 0 Å². The van der Waals surface area contributed by atoms with Crippen LogP contribution in [0.15, 0.2) is 39.8 Å². The molecule has 0 N–H and O–H groups in total. The molecule has 2 amide bonds. The smallest absolute Gasteiger partial charge is 0.297 e. The van der Waals surface area contributed by atoms with Crippen LogP contribution in [0, 0.1) is 5.92 Å². The summed E-state index contributed by atoms with van der Waals surface area (Å²) >= 11 is 0. The summed E-state index contributed by atoms with van der Waals surface area (Å²) in [5.74, 6) is -0.0249. The molecule has 0 atom stereocenters. The predicted octanol–water partition coefficient (Wildman–Crippen LogP) is 2.64. The van der Waals surface area contributed by atoms with Gasteiger partial charge in [0.05, 0.1) is 6.33 Å². The third kappa shape index (κ3) is 4.19. The monoisotopic (exact) mass is 424 g/mol. The van der Waals surface area contributed by atoms with Crippen molar-refractivity contribution < 1.29 is 14.0 Å². The van der Waals surface area contributed by atoms with Crippen molar-refractivity contribution >= 4 is 33.9 Å². The van der Waals surface area contributed by atoms with Gasteiger partial charge in [0.15, 0.2) is 0 Å². The number of furan rings is 1. The lowest BCUT2D eigenvalue weighted by atomic mass is 9.95. The van der Waals surface area contributed by atoms with E-state index in [9.17, 15) is 14.4 Å². The molecule has 1 aliphatic heterocycles. The molecule has 1 saturated heterocycles. The first-order chi connectivity index (χ1) is 15.0. The van der Waals surface area contributed by atoms with E-state index in [1.807, 2.05) is 25.2 Å². The van der Waals surface area contributed by atoms with Crippen molar-refractivity contribution in [1.29, 1.82) is 0 Å². The third-order valence-electron chi connectivity index (χ3n) is 6.08. The number of unbranched alkanes of at least 4 members (excludes halogenated alkanes) is 1. The molecule has 3 aromatic rings. The first-order valence-corrected chi connectivity index (χ1v) is 10.9. The molecule has 3 heterocycles. The maximum Gasteiger partial charge on any atom is 0.297 e. The Hall–Kier alpha value is -3.16. The number of hydrogen-bond donors (Lipinski definition) is 0. The van der Waals surface area contributed by atoms with Crippen molar-refractivity contribution in [1.82, 2.24) is 19.4 Å². The molecule has 0 aliphatic carbocycles. The van der Waals surface area contributed by atoms with Gasteiger partial charge in [0.2, 0.25) is 17.4 Å². The standard InChI is InChI=1S/C23H28N4O4/c1-3-4-11-25(2)22(29)16-9-12-26(13-10-16)19(28)14-27-15-24-20-17-7-5-6-8-18(17)31-21(20)23(27)30/h5-8,15-16H,3-4,9-14H2,1-2H3. The molecule has 164 valence electrons. The number of nitrogens with zero attached hydrogens (tertiary/aromatic N) is 4. The van der Waals surface area contributed by atoms with E-state index in [4.69, 9.17) is 4.42 Å². The van der Waals surface area contributed by atoms with Gasteiger partial charge in [-0.05, 0) is 31.4 Å². The summed E-state index contributed by atoms with van der Waals surface area (Å²) < 4.78 is 6.97. The Morgan fingerprint density at radius 3 is 2.71 bits per heavy atom. The lowest BCUT2D eigenvalue weighted by molar-refractivity contribution is -0.140. The molecule has 0 unspecified atom stereocenters. The van der Waals surface area contributed by atoms with E-state index < -0.39 is 0 Å². The highest BCUT2D eigenvalue weighted by molar-refractivity contribution is 6.01. The van der Waals surface area contributed by atoms with Crippen LogP contribution in [0.2, 0.25) is 0 Å². The average Bonchev–Trinajstić information content (AvgIpc) is 3.18.